The quantitative estimate of drug-likeness (QED) is 0.490. The van der Waals surface area contributed by atoms with Gasteiger partial charge in [-0.25, -0.2) is 0 Å². The lowest BCUT2D eigenvalue weighted by Gasteiger charge is -2.15. The van der Waals surface area contributed by atoms with E-state index in [4.69, 9.17) is 12.2 Å². The van der Waals surface area contributed by atoms with Crippen LogP contribution in [0.15, 0.2) is 62.4 Å². The van der Waals surface area contributed by atoms with Gasteiger partial charge >= 0.3 is 0 Å². The van der Waals surface area contributed by atoms with Gasteiger partial charge < -0.3 is 0 Å². The normalized spacial score (nSPS) is 15.8. The Kier molecular flexibility index (Phi) is 5.73. The zero-order valence-corrected chi connectivity index (χ0v) is 17.3. The first-order valence-electron chi connectivity index (χ1n) is 7.04. The number of hydrazine groups is 1. The third-order valence-corrected chi connectivity index (χ3v) is 5.64. The first-order valence-corrected chi connectivity index (χ1v) is 9.85. The summed E-state index contributed by atoms with van der Waals surface area (Å²) in [6, 6.07) is 14.4. The van der Waals surface area contributed by atoms with Gasteiger partial charge in [0.2, 0.25) is 0 Å². The van der Waals surface area contributed by atoms with E-state index >= 15 is 0 Å². The molecule has 0 radical (unpaired) electrons. The second-order valence-electron chi connectivity index (χ2n) is 5.02. The van der Waals surface area contributed by atoms with Crippen molar-refractivity contribution in [3.05, 3.63) is 73.5 Å². The van der Waals surface area contributed by atoms with Crippen LogP contribution in [0.25, 0.3) is 6.08 Å². The minimum absolute atomic E-state index is 0.291. The number of rotatable bonds is 3. The third kappa shape index (κ3) is 4.38. The van der Waals surface area contributed by atoms with Crippen LogP contribution in [0.1, 0.15) is 15.9 Å². The maximum atomic E-state index is 12.5. The molecule has 2 aromatic carbocycles. The molecule has 0 bridgehead atoms. The second-order valence-corrected chi connectivity index (χ2v) is 8.52. The summed E-state index contributed by atoms with van der Waals surface area (Å²) in [5.41, 5.74) is 3.87. The van der Waals surface area contributed by atoms with Crippen LogP contribution in [-0.4, -0.2) is 21.1 Å². The second kappa shape index (κ2) is 7.82. The molecule has 4 nitrogen and oxygen atoms in total. The number of nitrogens with zero attached hydrogens (tertiary/aromatic N) is 1. The molecule has 0 spiro atoms. The van der Waals surface area contributed by atoms with Gasteiger partial charge in [0.25, 0.3) is 11.8 Å². The van der Waals surface area contributed by atoms with E-state index in [0.29, 0.717) is 14.8 Å². The Balaban J connectivity index is 1.76. The van der Waals surface area contributed by atoms with E-state index in [9.17, 15) is 9.59 Å². The van der Waals surface area contributed by atoms with Gasteiger partial charge in [-0.05, 0) is 60.3 Å². The van der Waals surface area contributed by atoms with Crippen LogP contribution in [0.3, 0.4) is 0 Å². The van der Waals surface area contributed by atoms with Gasteiger partial charge in [0, 0.05) is 14.5 Å². The standard InChI is InChI=1S/C17H10Br2N2O2S2/c18-12-5-1-10(2-6-12)9-14-16(23)21(17(24)25-14)20-15(22)11-3-7-13(19)8-4-11/h1-9H,(H,20,22)/b14-9+. The largest absolute Gasteiger partial charge is 0.285 e. The molecule has 0 atom stereocenters. The van der Waals surface area contributed by atoms with E-state index in [1.807, 2.05) is 24.3 Å². The number of amides is 2. The molecule has 25 heavy (non-hydrogen) atoms. The van der Waals surface area contributed by atoms with Gasteiger partial charge in [0.15, 0.2) is 4.32 Å². The van der Waals surface area contributed by atoms with Crippen molar-refractivity contribution in [3.63, 3.8) is 0 Å². The maximum Gasteiger partial charge on any atom is 0.285 e. The summed E-state index contributed by atoms with van der Waals surface area (Å²) in [5, 5.41) is 1.11. The van der Waals surface area contributed by atoms with Crippen molar-refractivity contribution < 1.29 is 9.59 Å². The summed E-state index contributed by atoms with van der Waals surface area (Å²) in [7, 11) is 0. The van der Waals surface area contributed by atoms with E-state index in [1.165, 1.54) is 0 Å². The zero-order valence-electron chi connectivity index (χ0n) is 12.5. The van der Waals surface area contributed by atoms with Gasteiger partial charge in [-0.15, -0.1) is 0 Å². The number of carbonyl (C=O) groups is 2. The Hall–Kier alpha value is -1.48. The fraction of sp³-hybridized carbons (Fsp3) is 0. The third-order valence-electron chi connectivity index (χ3n) is 3.28. The first kappa shape index (κ1) is 18.3. The van der Waals surface area contributed by atoms with Crippen LogP contribution in [-0.2, 0) is 4.79 Å². The Bertz CT molecular complexity index is 881. The molecule has 0 unspecified atom stereocenters. The number of benzene rings is 2. The summed E-state index contributed by atoms with van der Waals surface area (Å²) < 4.78 is 2.12. The summed E-state index contributed by atoms with van der Waals surface area (Å²) in [4.78, 5) is 25.3. The zero-order chi connectivity index (χ0) is 18.0. The van der Waals surface area contributed by atoms with Gasteiger partial charge in [-0.3, -0.25) is 15.0 Å². The summed E-state index contributed by atoms with van der Waals surface area (Å²) in [6.07, 6.45) is 1.75. The molecule has 0 aliphatic carbocycles. The van der Waals surface area contributed by atoms with E-state index in [1.54, 1.807) is 30.3 Å². The van der Waals surface area contributed by atoms with Crippen molar-refractivity contribution in [2.45, 2.75) is 0 Å². The van der Waals surface area contributed by atoms with Crippen molar-refractivity contribution in [2.24, 2.45) is 0 Å². The van der Waals surface area contributed by atoms with Gasteiger partial charge in [0.05, 0.1) is 4.91 Å². The lowest BCUT2D eigenvalue weighted by atomic mass is 10.2. The number of halogens is 2. The average molecular weight is 498 g/mol. The van der Waals surface area contributed by atoms with Crippen LogP contribution >= 0.6 is 55.8 Å². The Labute approximate surface area is 170 Å². The first-order chi connectivity index (χ1) is 11.9. The molecule has 0 saturated carbocycles. The molecule has 126 valence electrons. The Morgan fingerprint density at radius 3 is 2.20 bits per heavy atom. The van der Waals surface area contributed by atoms with Gasteiger partial charge in [-0.1, -0.05) is 55.8 Å². The van der Waals surface area contributed by atoms with Crippen molar-refractivity contribution >= 4 is 78.1 Å². The number of carbonyl (C=O) groups excluding carboxylic acids is 2. The Morgan fingerprint density at radius 2 is 1.60 bits per heavy atom. The number of thioether (sulfide) groups is 1. The fourth-order valence-electron chi connectivity index (χ4n) is 2.04. The molecule has 1 aliphatic heterocycles. The van der Waals surface area contributed by atoms with Crippen molar-refractivity contribution in [3.8, 4) is 0 Å². The molecule has 1 heterocycles. The van der Waals surface area contributed by atoms with Crippen LogP contribution in [0.5, 0.6) is 0 Å². The van der Waals surface area contributed by atoms with Gasteiger partial charge in [-0.2, -0.15) is 5.01 Å². The number of thiocarbonyl (C=S) groups is 1. The molecule has 2 amide bonds. The van der Waals surface area contributed by atoms with E-state index in [2.05, 4.69) is 37.3 Å². The summed E-state index contributed by atoms with van der Waals surface area (Å²) in [6.45, 7) is 0. The van der Waals surface area contributed by atoms with E-state index in [0.717, 1.165) is 31.3 Å². The van der Waals surface area contributed by atoms with Gasteiger partial charge in [0.1, 0.15) is 0 Å². The minimum Gasteiger partial charge on any atom is -0.267 e. The predicted molar refractivity (Wildman–Crippen MR) is 111 cm³/mol. The highest BCUT2D eigenvalue weighted by molar-refractivity contribution is 9.10. The predicted octanol–water partition coefficient (Wildman–Crippen LogP) is 4.76. The molecule has 2 aromatic rings. The minimum atomic E-state index is -0.395. The lowest BCUT2D eigenvalue weighted by Crippen LogP contribution is -2.44. The highest BCUT2D eigenvalue weighted by Crippen LogP contribution is 2.31. The van der Waals surface area contributed by atoms with Crippen LogP contribution < -0.4 is 5.43 Å². The van der Waals surface area contributed by atoms with Crippen LogP contribution in [0.4, 0.5) is 0 Å². The number of hydrogen-bond donors (Lipinski definition) is 1. The molecule has 0 aromatic heterocycles. The molecular formula is C17H10Br2N2O2S2. The topological polar surface area (TPSA) is 49.4 Å². The van der Waals surface area contributed by atoms with Crippen molar-refractivity contribution in [2.75, 3.05) is 0 Å². The highest BCUT2D eigenvalue weighted by Gasteiger charge is 2.33. The average Bonchev–Trinajstić information content (AvgIpc) is 2.85. The molecule has 3 rings (SSSR count). The molecule has 1 aliphatic rings. The lowest BCUT2D eigenvalue weighted by molar-refractivity contribution is -0.123. The van der Waals surface area contributed by atoms with Crippen molar-refractivity contribution in [1.82, 2.24) is 10.4 Å². The molecule has 8 heteroatoms. The summed E-state index contributed by atoms with van der Waals surface area (Å²) >= 11 is 13.1. The Morgan fingerprint density at radius 1 is 1.04 bits per heavy atom. The SMILES string of the molecule is O=C(NN1C(=O)/C(=C\c2ccc(Br)cc2)SC1=S)c1ccc(Br)cc1. The van der Waals surface area contributed by atoms with Crippen LogP contribution in [0, 0.1) is 0 Å². The molecule has 1 fully saturated rings. The number of hydrogen-bond acceptors (Lipinski definition) is 4. The molecule has 1 saturated heterocycles. The summed E-state index contributed by atoms with van der Waals surface area (Å²) in [5.74, 6) is -0.739. The highest BCUT2D eigenvalue weighted by atomic mass is 79.9. The number of nitrogens with one attached hydrogen (secondary N) is 1. The van der Waals surface area contributed by atoms with Crippen molar-refractivity contribution in [1.29, 1.82) is 0 Å². The fourth-order valence-corrected chi connectivity index (χ4v) is 3.75. The molecule has 1 N–H and O–H groups in total. The van der Waals surface area contributed by atoms with E-state index in [-0.39, 0.29) is 5.91 Å². The smallest absolute Gasteiger partial charge is 0.267 e. The maximum absolute atomic E-state index is 12.5. The molecular weight excluding hydrogens is 488 g/mol. The monoisotopic (exact) mass is 496 g/mol. The van der Waals surface area contributed by atoms with E-state index < -0.39 is 5.91 Å². The van der Waals surface area contributed by atoms with Crippen LogP contribution in [0.2, 0.25) is 0 Å².